The lowest BCUT2D eigenvalue weighted by Crippen LogP contribution is -2.15. The molecule has 0 bridgehead atoms. The zero-order valence-electron chi connectivity index (χ0n) is 9.22. The minimum Gasteiger partial charge on any atom is -0.421 e. The molecule has 0 fully saturated rings. The first-order valence-corrected chi connectivity index (χ1v) is 7.15. The molecular weight excluding hydrogens is 176 g/mol. The molecule has 1 unspecified atom stereocenters. The fraction of sp³-hybridized carbons (Fsp3) is 0.818. The number of hydrogen-bond donors (Lipinski definition) is 0. The van der Waals surface area contributed by atoms with Crippen LogP contribution >= 0.6 is 0 Å². The molecule has 0 aromatic carbocycles. The predicted molar refractivity (Wildman–Crippen MR) is 62.9 cm³/mol. The SMILES string of the molecule is C=CC[SiH2]OC(CCC)CCCC. The lowest BCUT2D eigenvalue weighted by molar-refractivity contribution is 0.186. The zero-order chi connectivity index (χ0) is 9.94. The summed E-state index contributed by atoms with van der Waals surface area (Å²) in [5, 5.41) is 0. The van der Waals surface area contributed by atoms with Gasteiger partial charge in [-0.25, -0.2) is 0 Å². The van der Waals surface area contributed by atoms with Crippen molar-refractivity contribution in [1.82, 2.24) is 0 Å². The van der Waals surface area contributed by atoms with Crippen LogP contribution in [0.15, 0.2) is 12.7 Å². The third-order valence-electron chi connectivity index (χ3n) is 2.17. The highest BCUT2D eigenvalue weighted by Crippen LogP contribution is 2.10. The minimum atomic E-state index is -0.302. The van der Waals surface area contributed by atoms with E-state index in [4.69, 9.17) is 4.43 Å². The summed E-state index contributed by atoms with van der Waals surface area (Å²) in [4.78, 5) is 0. The van der Waals surface area contributed by atoms with Gasteiger partial charge in [-0.3, -0.25) is 0 Å². The van der Waals surface area contributed by atoms with E-state index < -0.39 is 0 Å². The van der Waals surface area contributed by atoms with Crippen LogP contribution in [0.4, 0.5) is 0 Å². The molecule has 0 saturated carbocycles. The summed E-state index contributed by atoms with van der Waals surface area (Å²) in [6, 6.07) is 1.12. The van der Waals surface area contributed by atoms with Crippen LogP contribution in [0.2, 0.25) is 6.04 Å². The molecule has 0 amide bonds. The third kappa shape index (κ3) is 8.25. The quantitative estimate of drug-likeness (QED) is 0.316. The number of rotatable bonds is 9. The molecular formula is C11H24OSi. The topological polar surface area (TPSA) is 9.23 Å². The molecule has 0 aliphatic rings. The van der Waals surface area contributed by atoms with Gasteiger partial charge in [-0.05, 0) is 18.9 Å². The highest BCUT2D eigenvalue weighted by atomic mass is 28.2. The molecule has 0 aliphatic carbocycles. The number of unbranched alkanes of at least 4 members (excludes halogenated alkanes) is 1. The van der Waals surface area contributed by atoms with Crippen LogP contribution in [0.5, 0.6) is 0 Å². The van der Waals surface area contributed by atoms with Gasteiger partial charge in [0.2, 0.25) is 0 Å². The summed E-state index contributed by atoms with van der Waals surface area (Å²) in [5.41, 5.74) is 0. The van der Waals surface area contributed by atoms with E-state index in [1.165, 1.54) is 32.1 Å². The molecule has 1 nitrogen and oxygen atoms in total. The standard InChI is InChI=1S/C11H24OSi/c1-4-7-9-11(8-5-2)12-13-10-6-3/h6,11H,3-5,7-10,13H2,1-2H3. The van der Waals surface area contributed by atoms with Gasteiger partial charge in [-0.15, -0.1) is 6.58 Å². The van der Waals surface area contributed by atoms with Crippen molar-refractivity contribution in [2.24, 2.45) is 0 Å². The van der Waals surface area contributed by atoms with Gasteiger partial charge < -0.3 is 4.43 Å². The normalized spacial score (nSPS) is 13.7. The molecule has 0 saturated heterocycles. The van der Waals surface area contributed by atoms with Crippen LogP contribution in [0, 0.1) is 0 Å². The van der Waals surface area contributed by atoms with Crippen molar-refractivity contribution < 1.29 is 4.43 Å². The zero-order valence-corrected chi connectivity index (χ0v) is 10.6. The Morgan fingerprint density at radius 3 is 2.62 bits per heavy atom. The molecule has 0 aromatic heterocycles. The van der Waals surface area contributed by atoms with Gasteiger partial charge in [0.25, 0.3) is 0 Å². The fourth-order valence-corrected chi connectivity index (χ4v) is 2.35. The van der Waals surface area contributed by atoms with E-state index in [0.717, 1.165) is 6.04 Å². The second-order valence-corrected chi connectivity index (χ2v) is 4.82. The maximum atomic E-state index is 5.89. The molecule has 13 heavy (non-hydrogen) atoms. The highest BCUT2D eigenvalue weighted by molar-refractivity contribution is 6.27. The van der Waals surface area contributed by atoms with E-state index in [-0.39, 0.29) is 9.76 Å². The molecule has 0 aliphatic heterocycles. The van der Waals surface area contributed by atoms with Crippen molar-refractivity contribution >= 4 is 9.76 Å². The smallest absolute Gasteiger partial charge is 0.165 e. The van der Waals surface area contributed by atoms with E-state index >= 15 is 0 Å². The number of hydrogen-bond acceptors (Lipinski definition) is 1. The molecule has 0 heterocycles. The highest BCUT2D eigenvalue weighted by Gasteiger charge is 2.05. The van der Waals surface area contributed by atoms with E-state index in [0.29, 0.717) is 6.10 Å². The van der Waals surface area contributed by atoms with E-state index in [1.54, 1.807) is 0 Å². The van der Waals surface area contributed by atoms with E-state index in [2.05, 4.69) is 20.4 Å². The Hall–Kier alpha value is -0.0831. The predicted octanol–water partition coefficient (Wildman–Crippen LogP) is 3.05. The van der Waals surface area contributed by atoms with Crippen LogP contribution in [0.25, 0.3) is 0 Å². The summed E-state index contributed by atoms with van der Waals surface area (Å²) < 4.78 is 5.89. The molecule has 78 valence electrons. The van der Waals surface area contributed by atoms with Gasteiger partial charge >= 0.3 is 0 Å². The van der Waals surface area contributed by atoms with Crippen molar-refractivity contribution in [2.75, 3.05) is 0 Å². The molecule has 2 heteroatoms. The van der Waals surface area contributed by atoms with Gasteiger partial charge in [-0.2, -0.15) is 0 Å². The lowest BCUT2D eigenvalue weighted by Gasteiger charge is -2.16. The second-order valence-electron chi connectivity index (χ2n) is 3.50. The van der Waals surface area contributed by atoms with Crippen molar-refractivity contribution in [2.45, 2.75) is 58.1 Å². The van der Waals surface area contributed by atoms with Gasteiger partial charge in [-0.1, -0.05) is 39.2 Å². The van der Waals surface area contributed by atoms with Gasteiger partial charge in [0.15, 0.2) is 9.76 Å². The van der Waals surface area contributed by atoms with Crippen molar-refractivity contribution in [3.05, 3.63) is 12.7 Å². The Morgan fingerprint density at radius 1 is 1.31 bits per heavy atom. The monoisotopic (exact) mass is 200 g/mol. The molecule has 0 N–H and O–H groups in total. The molecule has 1 atom stereocenters. The van der Waals surface area contributed by atoms with Crippen molar-refractivity contribution in [3.63, 3.8) is 0 Å². The summed E-state index contributed by atoms with van der Waals surface area (Å²) in [6.45, 7) is 8.19. The first-order valence-electron chi connectivity index (χ1n) is 5.57. The van der Waals surface area contributed by atoms with Gasteiger partial charge in [0.05, 0.1) is 0 Å². The summed E-state index contributed by atoms with van der Waals surface area (Å²) in [7, 11) is -0.302. The Bertz CT molecular complexity index is 115. The molecule has 0 rings (SSSR count). The average molecular weight is 200 g/mol. The average Bonchev–Trinajstić information content (AvgIpc) is 2.14. The summed E-state index contributed by atoms with van der Waals surface area (Å²) in [5.74, 6) is 0. The maximum absolute atomic E-state index is 5.89. The Morgan fingerprint density at radius 2 is 2.08 bits per heavy atom. The first-order chi connectivity index (χ1) is 6.35. The fourth-order valence-electron chi connectivity index (χ4n) is 1.38. The summed E-state index contributed by atoms with van der Waals surface area (Å²) in [6.07, 6.45) is 8.88. The van der Waals surface area contributed by atoms with Crippen LogP contribution < -0.4 is 0 Å². The van der Waals surface area contributed by atoms with Gasteiger partial charge in [0, 0.05) is 6.10 Å². The Balaban J connectivity index is 3.46. The van der Waals surface area contributed by atoms with Crippen molar-refractivity contribution in [1.29, 1.82) is 0 Å². The van der Waals surface area contributed by atoms with Gasteiger partial charge in [0.1, 0.15) is 0 Å². The summed E-state index contributed by atoms with van der Waals surface area (Å²) >= 11 is 0. The third-order valence-corrected chi connectivity index (χ3v) is 3.52. The Labute approximate surface area is 85.5 Å². The first kappa shape index (κ1) is 12.9. The van der Waals surface area contributed by atoms with Crippen LogP contribution in [-0.2, 0) is 4.43 Å². The maximum Gasteiger partial charge on any atom is 0.165 e. The lowest BCUT2D eigenvalue weighted by atomic mass is 10.1. The largest absolute Gasteiger partial charge is 0.421 e. The van der Waals surface area contributed by atoms with E-state index in [9.17, 15) is 0 Å². The van der Waals surface area contributed by atoms with Crippen LogP contribution in [0.3, 0.4) is 0 Å². The minimum absolute atomic E-state index is 0.302. The Kier molecular flexibility index (Phi) is 9.94. The molecule has 0 aromatic rings. The molecule has 0 spiro atoms. The second kappa shape index (κ2) is 10.0. The molecule has 0 radical (unpaired) electrons. The number of allylic oxidation sites excluding steroid dienone is 1. The van der Waals surface area contributed by atoms with Crippen LogP contribution in [0.1, 0.15) is 46.0 Å². The van der Waals surface area contributed by atoms with E-state index in [1.807, 2.05) is 6.08 Å². The van der Waals surface area contributed by atoms with Crippen molar-refractivity contribution in [3.8, 4) is 0 Å². The van der Waals surface area contributed by atoms with Crippen LogP contribution in [-0.4, -0.2) is 15.9 Å².